The predicted molar refractivity (Wildman–Crippen MR) is 80.0 cm³/mol. The van der Waals surface area contributed by atoms with Gasteiger partial charge in [0.2, 0.25) is 0 Å². The molecule has 5 N–H and O–H groups in total. The molecule has 1 atom stereocenters. The maximum atomic E-state index is 11.4. The van der Waals surface area contributed by atoms with E-state index in [9.17, 15) is 18.0 Å². The Balaban J connectivity index is 2.61. The molecule has 1 amide bonds. The molecule has 0 saturated carbocycles. The molecule has 1 aromatic carbocycles. The second-order valence-electron chi connectivity index (χ2n) is 4.83. The molecular formula is C13H17NO9S. The van der Waals surface area contributed by atoms with E-state index < -0.39 is 46.7 Å². The molecule has 0 saturated heterocycles. The molecule has 10 nitrogen and oxygen atoms in total. The van der Waals surface area contributed by atoms with Crippen LogP contribution >= 0.6 is 0 Å². The number of hydrogen-bond acceptors (Lipinski definition) is 7. The first-order valence-corrected chi connectivity index (χ1v) is 8.28. The van der Waals surface area contributed by atoms with Crippen LogP contribution in [0.2, 0.25) is 0 Å². The Morgan fingerprint density at radius 3 is 2.21 bits per heavy atom. The molecule has 1 unspecified atom stereocenters. The normalized spacial score (nSPS) is 12.7. The van der Waals surface area contributed by atoms with Crippen molar-refractivity contribution in [2.24, 2.45) is 0 Å². The third kappa shape index (κ3) is 7.87. The average Bonchev–Trinajstić information content (AvgIpc) is 2.45. The number of carbonyl (C=O) groups excluding carboxylic acids is 1. The zero-order chi connectivity index (χ0) is 18.3. The first kappa shape index (κ1) is 19.8. The van der Waals surface area contributed by atoms with Crippen LogP contribution in [0.4, 0.5) is 4.79 Å². The number of nitrogens with one attached hydrogen (secondary N) is 1. The smallest absolute Gasteiger partial charge is 0.405 e. The highest BCUT2D eigenvalue weighted by Gasteiger charge is 2.19. The lowest BCUT2D eigenvalue weighted by atomic mass is 10.1. The summed E-state index contributed by atoms with van der Waals surface area (Å²) in [6.45, 7) is 0. The fraction of sp³-hybridized carbons (Fsp3) is 0.385. The number of carboxylic acid groups (broad SMARTS) is 1. The van der Waals surface area contributed by atoms with Crippen molar-refractivity contribution < 1.29 is 42.6 Å². The van der Waals surface area contributed by atoms with Gasteiger partial charge < -0.3 is 25.4 Å². The minimum absolute atomic E-state index is 0.0129. The first-order valence-electron chi connectivity index (χ1n) is 6.67. The van der Waals surface area contributed by atoms with Crippen molar-refractivity contribution in [1.82, 2.24) is 5.32 Å². The second kappa shape index (κ2) is 8.59. The van der Waals surface area contributed by atoms with Crippen molar-refractivity contribution >= 4 is 22.2 Å². The zero-order valence-electron chi connectivity index (χ0n) is 12.3. The monoisotopic (exact) mass is 363 g/mol. The Kier molecular flexibility index (Phi) is 7.10. The third-order valence-electron chi connectivity index (χ3n) is 2.84. The van der Waals surface area contributed by atoms with E-state index in [0.717, 1.165) is 0 Å². The SMILES string of the molecule is O=C(O)NC(Cc1ccc(OC(=O)CCS(=O)(=O)O)cc1)C(O)O. The molecule has 0 aliphatic heterocycles. The minimum Gasteiger partial charge on any atom is -0.465 e. The summed E-state index contributed by atoms with van der Waals surface area (Å²) < 4.78 is 34.4. The van der Waals surface area contributed by atoms with Gasteiger partial charge >= 0.3 is 12.1 Å². The number of aliphatic hydroxyl groups excluding tert-OH is 1. The summed E-state index contributed by atoms with van der Waals surface area (Å²) in [6.07, 6.45) is -3.82. The van der Waals surface area contributed by atoms with E-state index in [4.69, 9.17) is 24.6 Å². The largest absolute Gasteiger partial charge is 0.465 e. The molecule has 11 heteroatoms. The maximum Gasteiger partial charge on any atom is 0.405 e. The molecule has 0 aliphatic carbocycles. The molecule has 1 aromatic rings. The summed E-state index contributed by atoms with van der Waals surface area (Å²) in [5.74, 6) is -1.48. The molecule has 0 heterocycles. The lowest BCUT2D eigenvalue weighted by molar-refractivity contribution is -0.133. The molecule has 0 radical (unpaired) electrons. The van der Waals surface area contributed by atoms with Gasteiger partial charge in [0.1, 0.15) is 5.75 Å². The maximum absolute atomic E-state index is 11.4. The number of carbonyl (C=O) groups is 2. The number of benzene rings is 1. The molecular weight excluding hydrogens is 346 g/mol. The lowest BCUT2D eigenvalue weighted by Crippen LogP contribution is -2.44. The highest BCUT2D eigenvalue weighted by atomic mass is 32.2. The lowest BCUT2D eigenvalue weighted by Gasteiger charge is -2.18. The number of esters is 1. The molecule has 0 aromatic heterocycles. The van der Waals surface area contributed by atoms with Gasteiger partial charge in [-0.2, -0.15) is 8.42 Å². The molecule has 24 heavy (non-hydrogen) atoms. The summed E-state index contributed by atoms with van der Waals surface area (Å²) in [5.41, 5.74) is 0.541. The van der Waals surface area contributed by atoms with Crippen LogP contribution in [0.1, 0.15) is 12.0 Å². The number of hydrogen-bond donors (Lipinski definition) is 5. The van der Waals surface area contributed by atoms with Gasteiger partial charge in [-0.3, -0.25) is 9.35 Å². The predicted octanol–water partition coefficient (Wildman–Crippen LogP) is -0.641. The van der Waals surface area contributed by atoms with E-state index in [-0.39, 0.29) is 12.2 Å². The van der Waals surface area contributed by atoms with Gasteiger partial charge in [-0.15, -0.1) is 0 Å². The van der Waals surface area contributed by atoms with Crippen molar-refractivity contribution in [3.05, 3.63) is 29.8 Å². The zero-order valence-corrected chi connectivity index (χ0v) is 13.1. The molecule has 134 valence electrons. The van der Waals surface area contributed by atoms with Gasteiger partial charge in [0, 0.05) is 0 Å². The quantitative estimate of drug-likeness (QED) is 0.174. The average molecular weight is 363 g/mol. The van der Waals surface area contributed by atoms with Crippen LogP contribution in [0.25, 0.3) is 0 Å². The van der Waals surface area contributed by atoms with Crippen molar-refractivity contribution in [3.63, 3.8) is 0 Å². The van der Waals surface area contributed by atoms with E-state index in [1.165, 1.54) is 24.3 Å². The Hall–Kier alpha value is -2.21. The first-order chi connectivity index (χ1) is 11.1. The van der Waals surface area contributed by atoms with Crippen molar-refractivity contribution in [3.8, 4) is 5.75 Å². The van der Waals surface area contributed by atoms with E-state index in [1.54, 1.807) is 0 Å². The number of rotatable bonds is 8. The summed E-state index contributed by atoms with van der Waals surface area (Å²) in [4.78, 5) is 22.0. The Morgan fingerprint density at radius 2 is 1.75 bits per heavy atom. The highest BCUT2D eigenvalue weighted by Crippen LogP contribution is 2.15. The topological polar surface area (TPSA) is 170 Å². The molecule has 0 spiro atoms. The van der Waals surface area contributed by atoms with Crippen LogP contribution in [-0.4, -0.2) is 58.4 Å². The van der Waals surface area contributed by atoms with Crippen LogP contribution in [0.5, 0.6) is 5.75 Å². The van der Waals surface area contributed by atoms with Crippen molar-refractivity contribution in [2.45, 2.75) is 25.2 Å². The van der Waals surface area contributed by atoms with Gasteiger partial charge in [-0.1, -0.05) is 12.1 Å². The van der Waals surface area contributed by atoms with Gasteiger partial charge in [0.25, 0.3) is 10.1 Å². The van der Waals surface area contributed by atoms with Crippen LogP contribution in [0.15, 0.2) is 24.3 Å². The van der Waals surface area contributed by atoms with Crippen molar-refractivity contribution in [2.75, 3.05) is 5.75 Å². The Bertz CT molecular complexity index is 669. The van der Waals surface area contributed by atoms with E-state index in [0.29, 0.717) is 5.56 Å². The van der Waals surface area contributed by atoms with Gasteiger partial charge in [-0.05, 0) is 24.1 Å². The molecule has 0 aliphatic rings. The second-order valence-corrected chi connectivity index (χ2v) is 6.40. The van der Waals surface area contributed by atoms with E-state index >= 15 is 0 Å². The summed E-state index contributed by atoms with van der Waals surface area (Å²) in [6, 6.07) is 4.57. The van der Waals surface area contributed by atoms with Crippen LogP contribution in [0, 0.1) is 0 Å². The fourth-order valence-electron chi connectivity index (χ4n) is 1.73. The summed E-state index contributed by atoms with van der Waals surface area (Å²) in [5, 5.41) is 28.8. The molecule has 0 fully saturated rings. The molecule has 0 bridgehead atoms. The van der Waals surface area contributed by atoms with Gasteiger partial charge in [0.15, 0.2) is 6.29 Å². The van der Waals surface area contributed by atoms with E-state index in [2.05, 4.69) is 0 Å². The van der Waals surface area contributed by atoms with Gasteiger partial charge in [-0.25, -0.2) is 4.79 Å². The highest BCUT2D eigenvalue weighted by molar-refractivity contribution is 7.85. The van der Waals surface area contributed by atoms with Crippen molar-refractivity contribution in [1.29, 1.82) is 0 Å². The standard InChI is InChI=1S/C13H17NO9S/c15-11(5-6-24(20,21)22)23-9-3-1-8(2-4-9)7-10(12(16)17)14-13(18)19/h1-4,10,12,14,16-17H,5-7H2,(H,18,19)(H,20,21,22). The number of amides is 1. The molecule has 1 rings (SSSR count). The third-order valence-corrected chi connectivity index (χ3v) is 3.56. The van der Waals surface area contributed by atoms with Crippen LogP contribution < -0.4 is 10.1 Å². The minimum atomic E-state index is -4.25. The fourth-order valence-corrected chi connectivity index (χ4v) is 2.16. The number of ether oxygens (including phenoxy) is 1. The van der Waals surface area contributed by atoms with Crippen LogP contribution in [0.3, 0.4) is 0 Å². The van der Waals surface area contributed by atoms with Crippen LogP contribution in [-0.2, 0) is 21.3 Å². The Morgan fingerprint density at radius 1 is 1.17 bits per heavy atom. The Labute approximate surface area is 137 Å². The summed E-state index contributed by atoms with van der Waals surface area (Å²) >= 11 is 0. The number of aliphatic hydroxyl groups is 2. The summed E-state index contributed by atoms with van der Waals surface area (Å²) in [7, 11) is -4.25. The van der Waals surface area contributed by atoms with Gasteiger partial charge in [0.05, 0.1) is 18.2 Å². The van der Waals surface area contributed by atoms with E-state index in [1.807, 2.05) is 5.32 Å².